The van der Waals surface area contributed by atoms with Crippen molar-refractivity contribution in [2.24, 2.45) is 52.3 Å². The molecule has 13 nitrogen and oxygen atoms in total. The standard InChI is InChI=1S/C38H60O13/c1-17-5-10-38(48-14-17)18(2)28-26(51-38)13-22-20-12-24(39)23-11-19(6-8-36(23,3)21(20)7-9-37(22,28)4)49-35-33(45)31(43)30(42)27(50-35)16-47-34-32(44)29(41)25(40)15-46-34/h17-23,25-35,40-45H,5-16H2,1-4H3/t17-,18+,19+,20-,21+,22+,23-,25+,26+,27+,28+,29-,30+,31-,32+,33+,34-,35+,36-,37+,38-/m1/s1. The van der Waals surface area contributed by atoms with E-state index < -0.39 is 67.2 Å². The van der Waals surface area contributed by atoms with Crippen LogP contribution in [-0.4, -0.2) is 130 Å². The molecule has 4 saturated heterocycles. The molecule has 51 heavy (non-hydrogen) atoms. The summed E-state index contributed by atoms with van der Waals surface area (Å²) in [4.78, 5) is 14.2. The molecule has 4 aliphatic carbocycles. The first-order valence-corrected chi connectivity index (χ1v) is 19.6. The Hall–Kier alpha value is -0.810. The molecule has 4 saturated carbocycles. The minimum absolute atomic E-state index is 0.118. The summed E-state index contributed by atoms with van der Waals surface area (Å²) in [6.07, 6.45) is -4.98. The third-order valence-corrected chi connectivity index (χ3v) is 15.6. The molecule has 0 unspecified atom stereocenters. The minimum atomic E-state index is -1.59. The summed E-state index contributed by atoms with van der Waals surface area (Å²) >= 11 is 0. The molecular formula is C38H60O13. The average Bonchev–Trinajstić information content (AvgIpc) is 3.55. The van der Waals surface area contributed by atoms with Crippen LogP contribution in [0, 0.1) is 52.3 Å². The van der Waals surface area contributed by atoms with Crippen LogP contribution in [0.4, 0.5) is 0 Å². The van der Waals surface area contributed by atoms with Gasteiger partial charge in [-0.2, -0.15) is 0 Å². The molecule has 4 aliphatic heterocycles. The predicted molar refractivity (Wildman–Crippen MR) is 177 cm³/mol. The first kappa shape index (κ1) is 37.1. The number of rotatable bonds is 5. The van der Waals surface area contributed by atoms with Crippen LogP contribution in [0.5, 0.6) is 0 Å². The van der Waals surface area contributed by atoms with Crippen LogP contribution in [0.15, 0.2) is 0 Å². The Bertz CT molecular complexity index is 1290. The monoisotopic (exact) mass is 724 g/mol. The Morgan fingerprint density at radius 1 is 0.804 bits per heavy atom. The van der Waals surface area contributed by atoms with Gasteiger partial charge in [0.15, 0.2) is 18.4 Å². The summed E-state index contributed by atoms with van der Waals surface area (Å²) in [7, 11) is 0. The van der Waals surface area contributed by atoms with Crippen molar-refractivity contribution in [1.29, 1.82) is 0 Å². The first-order chi connectivity index (χ1) is 24.2. The number of carbonyl (C=O) groups is 1. The molecule has 0 radical (unpaired) electrons. The lowest BCUT2D eigenvalue weighted by Gasteiger charge is -2.60. The molecular weight excluding hydrogens is 664 g/mol. The Kier molecular flexibility index (Phi) is 9.79. The minimum Gasteiger partial charge on any atom is -0.388 e. The predicted octanol–water partition coefficient (Wildman–Crippen LogP) is 1.26. The lowest BCUT2D eigenvalue weighted by atomic mass is 9.44. The van der Waals surface area contributed by atoms with Crippen molar-refractivity contribution in [1.82, 2.24) is 0 Å². The molecule has 8 aliphatic rings. The molecule has 21 atom stereocenters. The van der Waals surface area contributed by atoms with Gasteiger partial charge in [-0.3, -0.25) is 4.79 Å². The molecule has 8 fully saturated rings. The summed E-state index contributed by atoms with van der Waals surface area (Å²) in [6, 6.07) is 0. The Balaban J connectivity index is 0.910. The van der Waals surface area contributed by atoms with Crippen molar-refractivity contribution < 1.29 is 63.9 Å². The first-order valence-electron chi connectivity index (χ1n) is 19.6. The highest BCUT2D eigenvalue weighted by atomic mass is 16.7. The number of ether oxygens (including phenoxy) is 6. The molecule has 0 aromatic carbocycles. The summed E-state index contributed by atoms with van der Waals surface area (Å²) in [5.74, 6) is 2.18. The molecule has 0 bridgehead atoms. The van der Waals surface area contributed by atoms with Gasteiger partial charge in [-0.05, 0) is 85.4 Å². The highest BCUT2D eigenvalue weighted by Crippen LogP contribution is 2.71. The number of fused-ring (bicyclic) bond motifs is 7. The second-order valence-electron chi connectivity index (χ2n) is 18.3. The molecule has 4 heterocycles. The van der Waals surface area contributed by atoms with Gasteiger partial charge in [0.25, 0.3) is 0 Å². The molecule has 0 aromatic heterocycles. The summed E-state index contributed by atoms with van der Waals surface area (Å²) < 4.78 is 36.4. The Labute approximate surface area is 300 Å². The van der Waals surface area contributed by atoms with Crippen LogP contribution >= 0.6 is 0 Å². The van der Waals surface area contributed by atoms with Crippen LogP contribution in [0.1, 0.15) is 85.5 Å². The van der Waals surface area contributed by atoms with Gasteiger partial charge in [0.1, 0.15) is 48.5 Å². The molecule has 290 valence electrons. The number of hydrogen-bond acceptors (Lipinski definition) is 13. The van der Waals surface area contributed by atoms with E-state index in [4.69, 9.17) is 28.4 Å². The van der Waals surface area contributed by atoms with Crippen molar-refractivity contribution in [2.75, 3.05) is 19.8 Å². The third-order valence-electron chi connectivity index (χ3n) is 15.6. The number of aliphatic hydroxyl groups is 6. The molecule has 0 amide bonds. The highest BCUT2D eigenvalue weighted by Gasteiger charge is 2.70. The number of hydrogen-bond donors (Lipinski definition) is 6. The number of aliphatic hydroxyl groups excluding tert-OH is 6. The van der Waals surface area contributed by atoms with Crippen molar-refractivity contribution in [3.8, 4) is 0 Å². The van der Waals surface area contributed by atoms with Crippen LogP contribution in [0.2, 0.25) is 0 Å². The van der Waals surface area contributed by atoms with E-state index >= 15 is 0 Å². The number of ketones is 1. The zero-order chi connectivity index (χ0) is 36.2. The van der Waals surface area contributed by atoms with E-state index in [1.54, 1.807) is 0 Å². The van der Waals surface area contributed by atoms with Gasteiger partial charge < -0.3 is 59.1 Å². The highest BCUT2D eigenvalue weighted by molar-refractivity contribution is 5.83. The van der Waals surface area contributed by atoms with Gasteiger partial charge in [-0.15, -0.1) is 0 Å². The van der Waals surface area contributed by atoms with Gasteiger partial charge in [-0.1, -0.05) is 27.7 Å². The van der Waals surface area contributed by atoms with E-state index in [2.05, 4.69) is 27.7 Å². The van der Waals surface area contributed by atoms with Crippen LogP contribution in [0.25, 0.3) is 0 Å². The molecule has 8 rings (SSSR count). The summed E-state index contributed by atoms with van der Waals surface area (Å²) in [5, 5.41) is 62.1. The van der Waals surface area contributed by atoms with E-state index in [0.717, 1.165) is 45.1 Å². The van der Waals surface area contributed by atoms with Crippen LogP contribution in [0.3, 0.4) is 0 Å². The van der Waals surface area contributed by atoms with E-state index in [-0.39, 0.29) is 41.8 Å². The second kappa shape index (κ2) is 13.4. The van der Waals surface area contributed by atoms with E-state index in [0.29, 0.717) is 54.8 Å². The zero-order valence-electron chi connectivity index (χ0n) is 30.4. The Morgan fingerprint density at radius 2 is 1.55 bits per heavy atom. The third kappa shape index (κ3) is 5.91. The van der Waals surface area contributed by atoms with Gasteiger partial charge in [0.2, 0.25) is 0 Å². The largest absolute Gasteiger partial charge is 0.388 e. The topological polar surface area (TPSA) is 194 Å². The maximum Gasteiger partial charge on any atom is 0.186 e. The normalized spacial score (nSPS) is 58.5. The maximum absolute atomic E-state index is 14.2. The molecule has 6 N–H and O–H groups in total. The van der Waals surface area contributed by atoms with Crippen LogP contribution < -0.4 is 0 Å². The fraction of sp³-hybridized carbons (Fsp3) is 0.974. The number of carbonyl (C=O) groups excluding carboxylic acids is 1. The van der Waals surface area contributed by atoms with Crippen molar-refractivity contribution in [2.45, 2.75) is 159 Å². The average molecular weight is 725 g/mol. The second-order valence-corrected chi connectivity index (χ2v) is 18.3. The van der Waals surface area contributed by atoms with Crippen molar-refractivity contribution in [3.63, 3.8) is 0 Å². The van der Waals surface area contributed by atoms with Gasteiger partial charge in [0, 0.05) is 24.7 Å². The quantitative estimate of drug-likeness (QED) is 0.222. The lowest BCUT2D eigenvalue weighted by Crippen LogP contribution is -2.61. The molecule has 1 spiro atoms. The lowest BCUT2D eigenvalue weighted by molar-refractivity contribution is -0.330. The van der Waals surface area contributed by atoms with Crippen LogP contribution in [-0.2, 0) is 33.2 Å². The fourth-order valence-electron chi connectivity index (χ4n) is 12.6. The van der Waals surface area contributed by atoms with Gasteiger partial charge in [-0.25, -0.2) is 0 Å². The van der Waals surface area contributed by atoms with Gasteiger partial charge >= 0.3 is 0 Å². The van der Waals surface area contributed by atoms with E-state index in [1.807, 2.05) is 0 Å². The molecule has 0 aromatic rings. The van der Waals surface area contributed by atoms with Crippen molar-refractivity contribution >= 4 is 5.78 Å². The fourth-order valence-corrected chi connectivity index (χ4v) is 12.6. The maximum atomic E-state index is 14.2. The zero-order valence-corrected chi connectivity index (χ0v) is 30.4. The SMILES string of the molecule is C[C@@H]1CC[C@@]2(OC1)O[C@H]1C[C@H]3[C@@H]4CC(=O)[C@H]5C[C@@H](O[C@H]6O[C@@H](CO[C@H]7OC[C@H](O)[C@@H](O)[C@@H]7O)[C@H](O)[C@@H](O)[C@@H]6O)CC[C@]5(C)[C@H]4CC[C@]3(C)[C@H]1[C@@H]2C. The van der Waals surface area contributed by atoms with Gasteiger partial charge in [0.05, 0.1) is 32.0 Å². The summed E-state index contributed by atoms with van der Waals surface area (Å²) in [5.41, 5.74) is -0.0420. The van der Waals surface area contributed by atoms with E-state index in [9.17, 15) is 35.4 Å². The molecule has 13 heteroatoms. The number of Topliss-reactive ketones (excluding diaryl/α,β-unsaturated/α-hetero) is 1. The summed E-state index contributed by atoms with van der Waals surface area (Å²) in [6.45, 7) is 9.54. The smallest absolute Gasteiger partial charge is 0.186 e. The Morgan fingerprint density at radius 3 is 2.29 bits per heavy atom. The van der Waals surface area contributed by atoms with Crippen molar-refractivity contribution in [3.05, 3.63) is 0 Å². The van der Waals surface area contributed by atoms with E-state index in [1.165, 1.54) is 0 Å².